The maximum Gasteiger partial charge on any atom is 0.287 e. The standard InChI is InChI=1S/C16H21ClN2O2/c1-3-19(4-2)9-5-8-18-16(20)15-11-12-10-13(17)6-7-14(12)21-15/h6-7,10-11H,3-5,8-9H2,1-2H3,(H,18,20). The molecule has 0 saturated carbocycles. The lowest BCUT2D eigenvalue weighted by molar-refractivity contribution is 0.0926. The highest BCUT2D eigenvalue weighted by molar-refractivity contribution is 6.31. The fraction of sp³-hybridized carbons (Fsp3) is 0.438. The summed E-state index contributed by atoms with van der Waals surface area (Å²) in [7, 11) is 0. The van der Waals surface area contributed by atoms with Crippen LogP contribution in [0.5, 0.6) is 0 Å². The number of hydrogen-bond donors (Lipinski definition) is 1. The summed E-state index contributed by atoms with van der Waals surface area (Å²) in [4.78, 5) is 14.4. The van der Waals surface area contributed by atoms with E-state index in [-0.39, 0.29) is 5.91 Å². The van der Waals surface area contributed by atoms with Crippen molar-refractivity contribution in [1.82, 2.24) is 10.2 Å². The number of fused-ring (bicyclic) bond motifs is 1. The van der Waals surface area contributed by atoms with E-state index in [1.165, 1.54) is 0 Å². The number of halogens is 1. The number of nitrogens with zero attached hydrogens (tertiary/aromatic N) is 1. The zero-order valence-corrected chi connectivity index (χ0v) is 13.2. The molecule has 0 aliphatic rings. The second kappa shape index (κ2) is 7.48. The molecule has 0 saturated heterocycles. The van der Waals surface area contributed by atoms with Crippen molar-refractivity contribution < 1.29 is 9.21 Å². The summed E-state index contributed by atoms with van der Waals surface area (Å²) >= 11 is 5.92. The van der Waals surface area contributed by atoms with Gasteiger partial charge in [0.25, 0.3) is 5.91 Å². The summed E-state index contributed by atoms with van der Waals surface area (Å²) in [5, 5.41) is 4.36. The molecule has 114 valence electrons. The van der Waals surface area contributed by atoms with Crippen LogP contribution in [0.3, 0.4) is 0 Å². The van der Waals surface area contributed by atoms with Crippen molar-refractivity contribution in [1.29, 1.82) is 0 Å². The molecule has 0 spiro atoms. The first kappa shape index (κ1) is 15.9. The summed E-state index contributed by atoms with van der Waals surface area (Å²) < 4.78 is 5.52. The third-order valence-electron chi connectivity index (χ3n) is 3.53. The normalized spacial score (nSPS) is 11.2. The number of furan rings is 1. The van der Waals surface area contributed by atoms with Gasteiger partial charge in [-0.15, -0.1) is 0 Å². The fourth-order valence-corrected chi connectivity index (χ4v) is 2.44. The van der Waals surface area contributed by atoms with Crippen molar-refractivity contribution in [2.24, 2.45) is 0 Å². The predicted molar refractivity (Wildman–Crippen MR) is 86.0 cm³/mol. The van der Waals surface area contributed by atoms with Crippen LogP contribution >= 0.6 is 11.6 Å². The molecule has 1 N–H and O–H groups in total. The molecule has 0 unspecified atom stereocenters. The maximum atomic E-state index is 12.0. The lowest BCUT2D eigenvalue weighted by Crippen LogP contribution is -2.29. The molecular formula is C16H21ClN2O2. The molecule has 0 aliphatic heterocycles. The second-order valence-corrected chi connectivity index (χ2v) is 5.37. The monoisotopic (exact) mass is 308 g/mol. The molecule has 1 heterocycles. The van der Waals surface area contributed by atoms with Gasteiger partial charge in [-0.25, -0.2) is 0 Å². The highest BCUT2D eigenvalue weighted by atomic mass is 35.5. The number of benzene rings is 1. The van der Waals surface area contributed by atoms with E-state index in [0.717, 1.165) is 31.4 Å². The minimum absolute atomic E-state index is 0.179. The first-order valence-corrected chi connectivity index (χ1v) is 7.71. The highest BCUT2D eigenvalue weighted by Crippen LogP contribution is 2.22. The molecule has 1 aromatic heterocycles. The summed E-state index contributed by atoms with van der Waals surface area (Å²) in [6.07, 6.45) is 0.930. The van der Waals surface area contributed by atoms with E-state index in [9.17, 15) is 4.79 Å². The van der Waals surface area contributed by atoms with Crippen molar-refractivity contribution in [3.63, 3.8) is 0 Å². The molecule has 4 nitrogen and oxygen atoms in total. The summed E-state index contributed by atoms with van der Waals surface area (Å²) in [5.74, 6) is 0.150. The Hall–Kier alpha value is -1.52. The van der Waals surface area contributed by atoms with Crippen molar-refractivity contribution in [3.8, 4) is 0 Å². The number of nitrogens with one attached hydrogen (secondary N) is 1. The van der Waals surface area contributed by atoms with Crippen LogP contribution in [0.4, 0.5) is 0 Å². The smallest absolute Gasteiger partial charge is 0.287 e. The number of carbonyl (C=O) groups is 1. The minimum atomic E-state index is -0.179. The van der Waals surface area contributed by atoms with Gasteiger partial charge in [0.05, 0.1) is 0 Å². The largest absolute Gasteiger partial charge is 0.451 e. The quantitative estimate of drug-likeness (QED) is 0.796. The molecule has 1 aromatic carbocycles. The SMILES string of the molecule is CCN(CC)CCCNC(=O)c1cc2cc(Cl)ccc2o1. The van der Waals surface area contributed by atoms with Crippen LogP contribution in [0.15, 0.2) is 28.7 Å². The highest BCUT2D eigenvalue weighted by Gasteiger charge is 2.12. The van der Waals surface area contributed by atoms with Gasteiger partial charge in [0.15, 0.2) is 5.76 Å². The number of carbonyl (C=O) groups excluding carboxylic acids is 1. The average Bonchev–Trinajstić information content (AvgIpc) is 2.90. The summed E-state index contributed by atoms with van der Waals surface area (Å²) in [6, 6.07) is 7.03. The maximum absolute atomic E-state index is 12.0. The van der Waals surface area contributed by atoms with E-state index in [0.29, 0.717) is 22.9 Å². The van der Waals surface area contributed by atoms with E-state index in [4.69, 9.17) is 16.0 Å². The lowest BCUT2D eigenvalue weighted by atomic mass is 10.2. The van der Waals surface area contributed by atoms with E-state index in [2.05, 4.69) is 24.1 Å². The van der Waals surface area contributed by atoms with E-state index in [1.54, 1.807) is 24.3 Å². The Kier molecular flexibility index (Phi) is 5.65. The number of rotatable bonds is 7. The average molecular weight is 309 g/mol. The van der Waals surface area contributed by atoms with Crippen LogP contribution in [-0.2, 0) is 0 Å². The van der Waals surface area contributed by atoms with Crippen LogP contribution < -0.4 is 5.32 Å². The molecule has 2 aromatic rings. The van der Waals surface area contributed by atoms with Gasteiger partial charge in [0.2, 0.25) is 0 Å². The lowest BCUT2D eigenvalue weighted by Gasteiger charge is -2.17. The molecular weight excluding hydrogens is 288 g/mol. The molecule has 2 rings (SSSR count). The van der Waals surface area contributed by atoms with Gasteiger partial charge in [-0.1, -0.05) is 25.4 Å². The van der Waals surface area contributed by atoms with Crippen LogP contribution in [0.1, 0.15) is 30.8 Å². The third-order valence-corrected chi connectivity index (χ3v) is 3.77. The Morgan fingerprint density at radius 2 is 2.05 bits per heavy atom. The van der Waals surface area contributed by atoms with Gasteiger partial charge in [-0.05, 0) is 50.3 Å². The Morgan fingerprint density at radius 3 is 2.76 bits per heavy atom. The van der Waals surface area contributed by atoms with Gasteiger partial charge in [0, 0.05) is 17.0 Å². The van der Waals surface area contributed by atoms with E-state index >= 15 is 0 Å². The van der Waals surface area contributed by atoms with Gasteiger partial charge in [-0.2, -0.15) is 0 Å². The minimum Gasteiger partial charge on any atom is -0.451 e. The predicted octanol–water partition coefficient (Wildman–Crippen LogP) is 3.55. The molecule has 5 heteroatoms. The fourth-order valence-electron chi connectivity index (χ4n) is 2.26. The molecule has 1 amide bonds. The van der Waals surface area contributed by atoms with Crippen LogP contribution in [0.25, 0.3) is 11.0 Å². The summed E-state index contributed by atoms with van der Waals surface area (Å²) in [5.41, 5.74) is 0.674. The van der Waals surface area contributed by atoms with Crippen molar-refractivity contribution in [2.75, 3.05) is 26.2 Å². The Bertz CT molecular complexity index is 605. The molecule has 0 fully saturated rings. The van der Waals surface area contributed by atoms with Gasteiger partial charge in [0.1, 0.15) is 5.58 Å². The van der Waals surface area contributed by atoms with Crippen LogP contribution in [0, 0.1) is 0 Å². The Labute approximate surface area is 130 Å². The number of hydrogen-bond acceptors (Lipinski definition) is 3. The molecule has 0 bridgehead atoms. The molecule has 0 atom stereocenters. The van der Waals surface area contributed by atoms with Gasteiger partial charge >= 0.3 is 0 Å². The Balaban J connectivity index is 1.87. The van der Waals surface area contributed by atoms with Crippen molar-refractivity contribution in [3.05, 3.63) is 35.0 Å². The van der Waals surface area contributed by atoms with E-state index in [1.807, 2.05) is 0 Å². The topological polar surface area (TPSA) is 45.5 Å². The van der Waals surface area contributed by atoms with Gasteiger partial charge in [-0.3, -0.25) is 4.79 Å². The van der Waals surface area contributed by atoms with Crippen LogP contribution in [0.2, 0.25) is 5.02 Å². The Morgan fingerprint density at radius 1 is 1.29 bits per heavy atom. The molecule has 21 heavy (non-hydrogen) atoms. The zero-order chi connectivity index (χ0) is 15.2. The van der Waals surface area contributed by atoms with Crippen molar-refractivity contribution in [2.45, 2.75) is 20.3 Å². The van der Waals surface area contributed by atoms with Crippen LogP contribution in [-0.4, -0.2) is 37.0 Å². The van der Waals surface area contributed by atoms with E-state index < -0.39 is 0 Å². The number of amides is 1. The molecule has 0 radical (unpaired) electrons. The molecule has 0 aliphatic carbocycles. The third kappa shape index (κ3) is 4.22. The zero-order valence-electron chi connectivity index (χ0n) is 12.5. The van der Waals surface area contributed by atoms with Crippen molar-refractivity contribution >= 4 is 28.5 Å². The van der Waals surface area contributed by atoms with Gasteiger partial charge < -0.3 is 14.6 Å². The first-order chi connectivity index (χ1) is 10.1. The summed E-state index contributed by atoms with van der Waals surface area (Å²) in [6.45, 7) is 7.99. The second-order valence-electron chi connectivity index (χ2n) is 4.93. The first-order valence-electron chi connectivity index (χ1n) is 7.33.